The van der Waals surface area contributed by atoms with E-state index in [2.05, 4.69) is 30.9 Å². The molecule has 1 rings (SSSR count). The molecule has 0 heterocycles. The van der Waals surface area contributed by atoms with Gasteiger partial charge in [-0.1, -0.05) is 37.3 Å². The van der Waals surface area contributed by atoms with Gasteiger partial charge in [0, 0.05) is 19.5 Å². The largest absolute Gasteiger partial charge is 0.465 e. The highest BCUT2D eigenvalue weighted by Crippen LogP contribution is 2.18. The van der Waals surface area contributed by atoms with E-state index in [9.17, 15) is 4.79 Å². The quantitative estimate of drug-likeness (QED) is 0.710. The molecule has 0 aliphatic heterocycles. The van der Waals surface area contributed by atoms with E-state index < -0.39 is 0 Å². The van der Waals surface area contributed by atoms with Crippen molar-refractivity contribution in [2.75, 3.05) is 19.7 Å². The first kappa shape index (κ1) is 13.7. The van der Waals surface area contributed by atoms with E-state index in [-0.39, 0.29) is 5.97 Å². The summed E-state index contributed by atoms with van der Waals surface area (Å²) in [4.78, 5) is 13.0. The lowest BCUT2D eigenvalue weighted by Crippen LogP contribution is -2.30. The van der Waals surface area contributed by atoms with Crippen LogP contribution in [0.5, 0.6) is 0 Å². The number of nitrogens with zero attached hydrogens (tertiary/aromatic N) is 1. The van der Waals surface area contributed by atoms with Crippen LogP contribution >= 0.6 is 0 Å². The number of rotatable bonds is 6. The topological polar surface area (TPSA) is 29.5 Å². The maximum Gasteiger partial charge on any atom is 0.302 e. The highest BCUT2D eigenvalue weighted by atomic mass is 16.5. The number of ether oxygens (including phenoxy) is 1. The van der Waals surface area contributed by atoms with Crippen molar-refractivity contribution in [1.82, 2.24) is 4.90 Å². The van der Waals surface area contributed by atoms with Gasteiger partial charge in [-0.25, -0.2) is 0 Å². The van der Waals surface area contributed by atoms with Crippen LogP contribution < -0.4 is 0 Å². The van der Waals surface area contributed by atoms with Gasteiger partial charge in [0.15, 0.2) is 0 Å². The van der Waals surface area contributed by atoms with Gasteiger partial charge in [-0.2, -0.15) is 0 Å². The van der Waals surface area contributed by atoms with Crippen molar-refractivity contribution in [2.24, 2.45) is 0 Å². The minimum atomic E-state index is -0.214. The number of likely N-dealkylation sites (N-methyl/N-ethyl adjacent to an activating group) is 1. The van der Waals surface area contributed by atoms with Crippen molar-refractivity contribution in [2.45, 2.75) is 26.8 Å². The average molecular weight is 235 g/mol. The maximum absolute atomic E-state index is 10.7. The third-order valence-corrected chi connectivity index (χ3v) is 2.92. The summed E-state index contributed by atoms with van der Waals surface area (Å²) in [5.74, 6) is -0.214. The van der Waals surface area contributed by atoms with Crippen molar-refractivity contribution in [3.05, 3.63) is 35.9 Å². The monoisotopic (exact) mass is 235 g/mol. The molecule has 0 N–H and O–H groups in total. The fourth-order valence-electron chi connectivity index (χ4n) is 1.87. The number of hydrogen-bond donors (Lipinski definition) is 0. The van der Waals surface area contributed by atoms with E-state index in [1.54, 1.807) is 0 Å². The van der Waals surface area contributed by atoms with Gasteiger partial charge in [0.2, 0.25) is 0 Å². The van der Waals surface area contributed by atoms with Gasteiger partial charge in [0.1, 0.15) is 6.61 Å². The molecule has 0 fully saturated rings. The molecule has 0 aromatic heterocycles. The van der Waals surface area contributed by atoms with Gasteiger partial charge in [-0.05, 0) is 19.0 Å². The predicted molar refractivity (Wildman–Crippen MR) is 68.7 cm³/mol. The Morgan fingerprint density at radius 3 is 2.53 bits per heavy atom. The van der Waals surface area contributed by atoms with Crippen LogP contribution in [0.4, 0.5) is 0 Å². The number of benzene rings is 1. The third kappa shape index (κ3) is 4.57. The summed E-state index contributed by atoms with van der Waals surface area (Å²) in [6, 6.07) is 10.7. The van der Waals surface area contributed by atoms with Gasteiger partial charge < -0.3 is 4.74 Å². The first-order valence-corrected chi connectivity index (χ1v) is 6.07. The molecular weight excluding hydrogens is 214 g/mol. The van der Waals surface area contributed by atoms with E-state index in [0.717, 1.165) is 13.1 Å². The maximum atomic E-state index is 10.7. The molecule has 0 saturated carbocycles. The summed E-state index contributed by atoms with van der Waals surface area (Å²) in [6.45, 7) is 7.90. The Morgan fingerprint density at radius 2 is 2.00 bits per heavy atom. The molecule has 0 saturated heterocycles. The van der Waals surface area contributed by atoms with Crippen LogP contribution in [0.3, 0.4) is 0 Å². The van der Waals surface area contributed by atoms with Crippen LogP contribution in [0.2, 0.25) is 0 Å². The van der Waals surface area contributed by atoms with E-state index in [4.69, 9.17) is 4.74 Å². The summed E-state index contributed by atoms with van der Waals surface area (Å²) < 4.78 is 4.98. The second-order valence-electron chi connectivity index (χ2n) is 4.06. The van der Waals surface area contributed by atoms with Gasteiger partial charge in [0.05, 0.1) is 0 Å². The minimum absolute atomic E-state index is 0.214. The number of carbonyl (C=O) groups excluding carboxylic acids is 1. The molecule has 3 nitrogen and oxygen atoms in total. The number of esters is 1. The Hall–Kier alpha value is -1.35. The molecule has 1 aromatic rings. The predicted octanol–water partition coefficient (Wildman–Crippen LogP) is 2.63. The lowest BCUT2D eigenvalue weighted by molar-refractivity contribution is -0.141. The standard InChI is InChI=1S/C14H21NO2/c1-4-15(10-11-17-13(3)16)12(2)14-8-6-5-7-9-14/h5-9,12H,4,10-11H2,1-3H3/t12-/m1/s1. The number of carbonyl (C=O) groups is 1. The Bertz CT molecular complexity index is 337. The lowest BCUT2D eigenvalue weighted by atomic mass is 10.1. The molecule has 0 aliphatic rings. The van der Waals surface area contributed by atoms with Crippen LogP contribution in [0, 0.1) is 0 Å². The normalized spacial score (nSPS) is 12.5. The fraction of sp³-hybridized carbons (Fsp3) is 0.500. The molecule has 1 aromatic carbocycles. The molecule has 3 heteroatoms. The van der Waals surface area contributed by atoms with E-state index in [0.29, 0.717) is 12.6 Å². The molecule has 0 radical (unpaired) electrons. The molecule has 1 atom stereocenters. The summed E-state index contributed by atoms with van der Waals surface area (Å²) in [5, 5.41) is 0. The second-order valence-corrected chi connectivity index (χ2v) is 4.06. The molecule has 0 amide bonds. The Balaban J connectivity index is 2.52. The van der Waals surface area contributed by atoms with Crippen LogP contribution in [0.1, 0.15) is 32.4 Å². The zero-order valence-electron chi connectivity index (χ0n) is 10.8. The Morgan fingerprint density at radius 1 is 1.35 bits per heavy atom. The highest BCUT2D eigenvalue weighted by Gasteiger charge is 2.13. The van der Waals surface area contributed by atoms with Crippen molar-refractivity contribution in [3.8, 4) is 0 Å². The van der Waals surface area contributed by atoms with Crippen molar-refractivity contribution < 1.29 is 9.53 Å². The lowest BCUT2D eigenvalue weighted by Gasteiger charge is -2.27. The summed E-state index contributed by atoms with van der Waals surface area (Å²) in [5.41, 5.74) is 1.29. The Labute approximate surface area is 103 Å². The fourth-order valence-corrected chi connectivity index (χ4v) is 1.87. The van der Waals surface area contributed by atoms with Crippen molar-refractivity contribution in [3.63, 3.8) is 0 Å². The summed E-state index contributed by atoms with van der Waals surface area (Å²) >= 11 is 0. The van der Waals surface area contributed by atoms with E-state index in [1.807, 2.05) is 18.2 Å². The third-order valence-electron chi connectivity index (χ3n) is 2.92. The molecule has 0 aliphatic carbocycles. The molecule has 0 unspecified atom stereocenters. The number of hydrogen-bond acceptors (Lipinski definition) is 3. The smallest absolute Gasteiger partial charge is 0.302 e. The van der Waals surface area contributed by atoms with Crippen LogP contribution in [0.25, 0.3) is 0 Å². The minimum Gasteiger partial charge on any atom is -0.465 e. The van der Waals surface area contributed by atoms with Gasteiger partial charge >= 0.3 is 5.97 Å². The van der Waals surface area contributed by atoms with Crippen LogP contribution in [0.15, 0.2) is 30.3 Å². The van der Waals surface area contributed by atoms with Crippen molar-refractivity contribution in [1.29, 1.82) is 0 Å². The van der Waals surface area contributed by atoms with Gasteiger partial charge in [0.25, 0.3) is 0 Å². The first-order chi connectivity index (χ1) is 8.15. The Kier molecular flexibility index (Phi) is 5.70. The van der Waals surface area contributed by atoms with E-state index in [1.165, 1.54) is 12.5 Å². The summed E-state index contributed by atoms with van der Waals surface area (Å²) in [7, 11) is 0. The molecule has 0 bridgehead atoms. The average Bonchev–Trinajstić information content (AvgIpc) is 2.34. The summed E-state index contributed by atoms with van der Waals surface area (Å²) in [6.07, 6.45) is 0. The molecule has 17 heavy (non-hydrogen) atoms. The first-order valence-electron chi connectivity index (χ1n) is 6.07. The SMILES string of the molecule is CCN(CCOC(C)=O)[C@H](C)c1ccccc1. The zero-order chi connectivity index (χ0) is 12.7. The molecule has 0 spiro atoms. The molecule has 94 valence electrons. The van der Waals surface area contributed by atoms with Crippen LogP contribution in [-0.4, -0.2) is 30.6 Å². The molecular formula is C14H21NO2. The van der Waals surface area contributed by atoms with Gasteiger partial charge in [-0.15, -0.1) is 0 Å². The van der Waals surface area contributed by atoms with E-state index >= 15 is 0 Å². The second kappa shape index (κ2) is 7.07. The highest BCUT2D eigenvalue weighted by molar-refractivity contribution is 5.65. The van der Waals surface area contributed by atoms with Crippen LogP contribution in [-0.2, 0) is 9.53 Å². The van der Waals surface area contributed by atoms with Crippen molar-refractivity contribution >= 4 is 5.97 Å². The van der Waals surface area contributed by atoms with Gasteiger partial charge in [-0.3, -0.25) is 9.69 Å². The zero-order valence-corrected chi connectivity index (χ0v) is 10.8.